The van der Waals surface area contributed by atoms with Gasteiger partial charge in [0.15, 0.2) is 5.13 Å². The predicted octanol–water partition coefficient (Wildman–Crippen LogP) is 2.49. The monoisotopic (exact) mass is 274 g/mol. The number of benzene rings is 1. The number of hydrogen-bond acceptors (Lipinski definition) is 4. The van der Waals surface area contributed by atoms with Gasteiger partial charge in [0.1, 0.15) is 0 Å². The number of aromatic nitrogens is 1. The molecule has 0 unspecified atom stereocenters. The van der Waals surface area contributed by atoms with Gasteiger partial charge in [-0.15, -0.1) is 11.3 Å². The van der Waals surface area contributed by atoms with Crippen LogP contribution in [0.5, 0.6) is 0 Å². The molecule has 1 aromatic carbocycles. The minimum atomic E-state index is -1.03. The van der Waals surface area contributed by atoms with Crippen LogP contribution in [0, 0.1) is 0 Å². The van der Waals surface area contributed by atoms with Gasteiger partial charge in [0, 0.05) is 23.2 Å². The zero-order valence-electron chi connectivity index (χ0n) is 9.74. The van der Waals surface area contributed by atoms with Gasteiger partial charge in [-0.25, -0.2) is 9.78 Å². The first-order valence-electron chi connectivity index (χ1n) is 5.37. The molecule has 6 heteroatoms. The summed E-state index contributed by atoms with van der Waals surface area (Å²) in [5.41, 5.74) is 1.09. The van der Waals surface area contributed by atoms with Crippen LogP contribution in [-0.4, -0.2) is 22.0 Å². The van der Waals surface area contributed by atoms with Crippen molar-refractivity contribution in [2.45, 2.75) is 0 Å². The fourth-order valence-corrected chi connectivity index (χ4v) is 1.93. The largest absolute Gasteiger partial charge is 0.478 e. The Bertz CT molecular complexity index is 621. The highest BCUT2D eigenvalue weighted by Gasteiger charge is 2.07. The maximum Gasteiger partial charge on any atom is 0.328 e. The molecule has 0 saturated carbocycles. The van der Waals surface area contributed by atoms with Crippen molar-refractivity contribution in [1.82, 2.24) is 4.98 Å². The first kappa shape index (κ1) is 13.0. The van der Waals surface area contributed by atoms with Crippen LogP contribution in [-0.2, 0) is 4.79 Å². The maximum atomic E-state index is 11.9. The van der Waals surface area contributed by atoms with Crippen molar-refractivity contribution in [3.05, 3.63) is 53.0 Å². The van der Waals surface area contributed by atoms with Gasteiger partial charge in [0.25, 0.3) is 5.91 Å². The third-order valence-corrected chi connectivity index (χ3v) is 2.91. The molecule has 2 aromatic rings. The summed E-state index contributed by atoms with van der Waals surface area (Å²) in [5.74, 6) is -1.31. The van der Waals surface area contributed by atoms with Gasteiger partial charge in [-0.05, 0) is 23.8 Å². The highest BCUT2D eigenvalue weighted by Crippen LogP contribution is 2.13. The lowest BCUT2D eigenvalue weighted by molar-refractivity contribution is -0.131. The number of carbonyl (C=O) groups excluding carboxylic acids is 1. The summed E-state index contributed by atoms with van der Waals surface area (Å²) in [6.07, 6.45) is 4.06. The van der Waals surface area contributed by atoms with Gasteiger partial charge >= 0.3 is 5.97 Å². The number of carbonyl (C=O) groups is 2. The van der Waals surface area contributed by atoms with E-state index in [2.05, 4.69) is 10.3 Å². The second-order valence-corrected chi connectivity index (χ2v) is 4.48. The van der Waals surface area contributed by atoms with Crippen molar-refractivity contribution in [1.29, 1.82) is 0 Å². The van der Waals surface area contributed by atoms with Gasteiger partial charge in [0.05, 0.1) is 0 Å². The highest BCUT2D eigenvalue weighted by atomic mass is 32.1. The number of thiazole rings is 1. The van der Waals surface area contributed by atoms with Gasteiger partial charge in [-0.2, -0.15) is 0 Å². The summed E-state index contributed by atoms with van der Waals surface area (Å²) in [5, 5.41) is 13.5. The molecule has 5 nitrogen and oxygen atoms in total. The number of nitrogens with one attached hydrogen (secondary N) is 1. The van der Waals surface area contributed by atoms with Crippen LogP contribution < -0.4 is 5.32 Å². The van der Waals surface area contributed by atoms with E-state index in [4.69, 9.17) is 5.11 Å². The molecule has 96 valence electrons. The molecule has 0 saturated heterocycles. The van der Waals surface area contributed by atoms with E-state index in [1.807, 2.05) is 0 Å². The van der Waals surface area contributed by atoms with Crippen LogP contribution >= 0.6 is 11.3 Å². The lowest BCUT2D eigenvalue weighted by atomic mass is 10.1. The third kappa shape index (κ3) is 3.75. The van der Waals surface area contributed by atoms with Gasteiger partial charge in [-0.1, -0.05) is 12.1 Å². The summed E-state index contributed by atoms with van der Waals surface area (Å²) in [7, 11) is 0. The van der Waals surface area contributed by atoms with Crippen molar-refractivity contribution < 1.29 is 14.7 Å². The van der Waals surface area contributed by atoms with Crippen molar-refractivity contribution in [3.8, 4) is 0 Å². The Morgan fingerprint density at radius 3 is 2.89 bits per heavy atom. The first-order chi connectivity index (χ1) is 9.15. The number of nitrogens with zero attached hydrogens (tertiary/aromatic N) is 1. The Labute approximate surface area is 113 Å². The standard InChI is InChI=1S/C13H10N2O3S/c16-11(17)5-4-9-2-1-3-10(8-9)12(18)15-13-14-6-7-19-13/h1-8H,(H,16,17)(H,14,15,18). The average molecular weight is 274 g/mol. The number of carboxylic acids is 1. The van der Waals surface area contributed by atoms with Crippen LogP contribution in [0.3, 0.4) is 0 Å². The van der Waals surface area contributed by atoms with Crippen molar-refractivity contribution in [2.24, 2.45) is 0 Å². The van der Waals surface area contributed by atoms with E-state index in [1.165, 1.54) is 17.4 Å². The summed E-state index contributed by atoms with van der Waals surface area (Å²) in [6.45, 7) is 0. The lowest BCUT2D eigenvalue weighted by Gasteiger charge is -2.02. The molecule has 19 heavy (non-hydrogen) atoms. The van der Waals surface area contributed by atoms with Crippen molar-refractivity contribution in [3.63, 3.8) is 0 Å². The molecule has 1 heterocycles. The number of aliphatic carboxylic acids is 1. The summed E-state index contributed by atoms with van der Waals surface area (Å²) < 4.78 is 0. The fourth-order valence-electron chi connectivity index (χ4n) is 1.41. The van der Waals surface area contributed by atoms with Crippen LogP contribution in [0.15, 0.2) is 41.9 Å². The van der Waals surface area contributed by atoms with Crippen LogP contribution in [0.2, 0.25) is 0 Å². The summed E-state index contributed by atoms with van der Waals surface area (Å²) in [4.78, 5) is 26.3. The Morgan fingerprint density at radius 2 is 2.21 bits per heavy atom. The van der Waals surface area contributed by atoms with Crippen LogP contribution in [0.25, 0.3) is 6.08 Å². The maximum absolute atomic E-state index is 11.9. The molecule has 0 bridgehead atoms. The van der Waals surface area contributed by atoms with E-state index >= 15 is 0 Å². The van der Waals surface area contributed by atoms with Crippen molar-refractivity contribution >= 4 is 34.4 Å². The minimum Gasteiger partial charge on any atom is -0.478 e. The first-order valence-corrected chi connectivity index (χ1v) is 6.25. The lowest BCUT2D eigenvalue weighted by Crippen LogP contribution is -2.11. The van der Waals surface area contributed by atoms with Crippen LogP contribution in [0.1, 0.15) is 15.9 Å². The normalized spacial score (nSPS) is 10.5. The molecule has 1 amide bonds. The average Bonchev–Trinajstić information content (AvgIpc) is 2.89. The molecule has 1 aromatic heterocycles. The third-order valence-electron chi connectivity index (χ3n) is 2.22. The van der Waals surface area contributed by atoms with E-state index in [0.29, 0.717) is 16.3 Å². The molecule has 2 N–H and O–H groups in total. The molecular formula is C13H10N2O3S. The number of hydrogen-bond donors (Lipinski definition) is 2. The second kappa shape index (κ2) is 5.92. The molecule has 0 spiro atoms. The fraction of sp³-hybridized carbons (Fsp3) is 0. The molecule has 0 aliphatic carbocycles. The molecule has 0 aliphatic heterocycles. The zero-order valence-corrected chi connectivity index (χ0v) is 10.6. The SMILES string of the molecule is O=C(O)C=Cc1cccc(C(=O)Nc2nccs2)c1. The Morgan fingerprint density at radius 1 is 1.37 bits per heavy atom. The van der Waals surface area contributed by atoms with E-state index < -0.39 is 5.97 Å². The van der Waals surface area contributed by atoms with Gasteiger partial charge < -0.3 is 5.11 Å². The molecule has 0 radical (unpaired) electrons. The molecular weight excluding hydrogens is 264 g/mol. The summed E-state index contributed by atoms with van der Waals surface area (Å²) in [6, 6.07) is 6.68. The number of anilines is 1. The van der Waals surface area contributed by atoms with Gasteiger partial charge in [-0.3, -0.25) is 10.1 Å². The van der Waals surface area contributed by atoms with E-state index in [9.17, 15) is 9.59 Å². The molecule has 0 fully saturated rings. The molecule has 2 rings (SSSR count). The zero-order chi connectivity index (χ0) is 13.7. The van der Waals surface area contributed by atoms with Crippen molar-refractivity contribution in [2.75, 3.05) is 5.32 Å². The minimum absolute atomic E-state index is 0.277. The van der Waals surface area contributed by atoms with E-state index in [1.54, 1.807) is 35.8 Å². The van der Waals surface area contributed by atoms with Gasteiger partial charge in [0.2, 0.25) is 0 Å². The van der Waals surface area contributed by atoms with E-state index in [0.717, 1.165) is 6.08 Å². The Kier molecular flexibility index (Phi) is 4.04. The smallest absolute Gasteiger partial charge is 0.328 e. The second-order valence-electron chi connectivity index (χ2n) is 3.59. The Balaban J connectivity index is 2.14. The quantitative estimate of drug-likeness (QED) is 0.839. The molecule has 0 aliphatic rings. The topological polar surface area (TPSA) is 79.3 Å². The highest BCUT2D eigenvalue weighted by molar-refractivity contribution is 7.13. The van der Waals surface area contributed by atoms with Crippen LogP contribution in [0.4, 0.5) is 5.13 Å². The number of rotatable bonds is 4. The molecule has 0 atom stereocenters. The number of amides is 1. The van der Waals surface area contributed by atoms with E-state index in [-0.39, 0.29) is 5.91 Å². The Hall–Kier alpha value is -2.47. The number of carboxylic acid groups (broad SMARTS) is 1. The summed E-state index contributed by atoms with van der Waals surface area (Å²) >= 11 is 1.33. The predicted molar refractivity (Wildman–Crippen MR) is 73.2 cm³/mol.